The van der Waals surface area contributed by atoms with E-state index in [9.17, 15) is 4.79 Å². The van der Waals surface area contributed by atoms with Crippen molar-refractivity contribution in [2.45, 2.75) is 5.21 Å². The summed E-state index contributed by atoms with van der Waals surface area (Å²) in [5, 5.41) is 4.99. The first-order chi connectivity index (χ1) is 9.13. The molecule has 1 heterocycles. The van der Waals surface area contributed by atoms with E-state index in [1.165, 1.54) is 0 Å². The number of hydrogen-bond donors (Lipinski definition) is 1. The number of nitrogens with two attached hydrogens (primary N) is 1. The van der Waals surface area contributed by atoms with Crippen LogP contribution in [0.3, 0.4) is 0 Å². The molecule has 0 bridgehead atoms. The molecule has 0 fully saturated rings. The van der Waals surface area contributed by atoms with Crippen molar-refractivity contribution >= 4 is 22.8 Å². The number of hydrogen-bond acceptors (Lipinski definition) is 3. The quantitative estimate of drug-likeness (QED) is 0.841. The zero-order valence-corrected chi connectivity index (χ0v) is 12.4. The summed E-state index contributed by atoms with van der Waals surface area (Å²) in [7, 11) is 1.84. The van der Waals surface area contributed by atoms with Gasteiger partial charge in [0, 0.05) is 0 Å². The Morgan fingerprint density at radius 1 is 1.47 bits per heavy atom. The number of benzene rings is 1. The van der Waals surface area contributed by atoms with Crippen LogP contribution in [-0.2, 0) is 7.05 Å². The first kappa shape index (κ1) is 13.7. The van der Waals surface area contributed by atoms with E-state index in [2.05, 4.69) is 22.0 Å². The summed E-state index contributed by atoms with van der Waals surface area (Å²) in [6.45, 7) is 0.598. The molecular formula is C13H14AsN3O2. The van der Waals surface area contributed by atoms with E-state index in [4.69, 9.17) is 10.5 Å². The second-order valence-electron chi connectivity index (χ2n) is 3.99. The van der Waals surface area contributed by atoms with E-state index in [1.54, 1.807) is 29.1 Å². The molecule has 1 amide bonds. The summed E-state index contributed by atoms with van der Waals surface area (Å²) in [5.41, 5.74) is 7.47. The predicted octanol–water partition coefficient (Wildman–Crippen LogP) is 1.15. The molecule has 2 radical (unpaired) electrons. The average Bonchev–Trinajstić information content (AvgIpc) is 2.82. The molecule has 6 heteroatoms. The molecule has 1 aromatic heterocycles. The maximum atomic E-state index is 11.3. The van der Waals surface area contributed by atoms with Gasteiger partial charge in [-0.15, -0.1) is 0 Å². The van der Waals surface area contributed by atoms with Gasteiger partial charge in [0.1, 0.15) is 0 Å². The van der Waals surface area contributed by atoms with Crippen LogP contribution in [0.25, 0.3) is 11.3 Å². The number of carbonyl (C=O) groups excluding carboxylic acids is 1. The van der Waals surface area contributed by atoms with E-state index in [0.717, 1.165) is 22.2 Å². The summed E-state index contributed by atoms with van der Waals surface area (Å²) < 4.78 is 7.42. The van der Waals surface area contributed by atoms with Crippen molar-refractivity contribution in [1.82, 2.24) is 9.78 Å². The zero-order valence-electron chi connectivity index (χ0n) is 10.5. The first-order valence-corrected chi connectivity index (χ1v) is 7.12. The molecule has 1 aromatic carbocycles. The molecule has 2 N–H and O–H groups in total. The van der Waals surface area contributed by atoms with Gasteiger partial charge in [-0.05, 0) is 0 Å². The molecule has 0 aliphatic carbocycles. The summed E-state index contributed by atoms with van der Waals surface area (Å²) in [5.74, 6) is 0.266. The van der Waals surface area contributed by atoms with Crippen molar-refractivity contribution in [1.29, 1.82) is 0 Å². The third-order valence-electron chi connectivity index (χ3n) is 2.71. The second kappa shape index (κ2) is 5.93. The Hall–Kier alpha value is -1.74. The van der Waals surface area contributed by atoms with Crippen LogP contribution in [0.2, 0.25) is 5.21 Å². The monoisotopic (exact) mass is 319 g/mol. The first-order valence-electron chi connectivity index (χ1n) is 5.79. The molecule has 0 aliphatic rings. The van der Waals surface area contributed by atoms with Crippen molar-refractivity contribution in [3.63, 3.8) is 0 Å². The van der Waals surface area contributed by atoms with Gasteiger partial charge < -0.3 is 0 Å². The van der Waals surface area contributed by atoms with Crippen molar-refractivity contribution in [3.8, 4) is 17.0 Å². The van der Waals surface area contributed by atoms with Gasteiger partial charge in [0.25, 0.3) is 0 Å². The number of amides is 1. The van der Waals surface area contributed by atoms with E-state index in [-0.39, 0.29) is 0 Å². The third-order valence-corrected chi connectivity index (χ3v) is 3.09. The molecule has 0 aliphatic heterocycles. The summed E-state index contributed by atoms with van der Waals surface area (Å²) >= 11 is 2.47. The van der Waals surface area contributed by atoms with Gasteiger partial charge in [0.05, 0.1) is 0 Å². The molecule has 0 spiro atoms. The SMILES string of the molecule is Cn1nccc1-c1cc(C(N)=O)ccc1OCC[As]. The van der Waals surface area contributed by atoms with Crippen LogP contribution in [0, 0.1) is 0 Å². The molecule has 2 rings (SSSR count). The van der Waals surface area contributed by atoms with Gasteiger partial charge in [-0.2, -0.15) is 0 Å². The fraction of sp³-hybridized carbons (Fsp3) is 0.231. The maximum absolute atomic E-state index is 11.3. The van der Waals surface area contributed by atoms with Crippen molar-refractivity contribution in [3.05, 3.63) is 36.0 Å². The molecule has 0 saturated carbocycles. The van der Waals surface area contributed by atoms with Gasteiger partial charge in [0.15, 0.2) is 0 Å². The topological polar surface area (TPSA) is 70.1 Å². The van der Waals surface area contributed by atoms with Crippen LogP contribution >= 0.6 is 0 Å². The van der Waals surface area contributed by atoms with E-state index < -0.39 is 5.91 Å². The Labute approximate surface area is 120 Å². The molecule has 0 saturated heterocycles. The standard InChI is InChI=1S/C13H14AsN3O2/c1-17-11(4-6-16-17)10-8-9(13(15)18)2-3-12(10)19-7-5-14/h2-4,6,8H,5,7H2,1H3,(H2,15,18). The minimum absolute atomic E-state index is 0.454. The second-order valence-corrected chi connectivity index (χ2v) is 4.93. The normalized spacial score (nSPS) is 10.4. The van der Waals surface area contributed by atoms with Gasteiger partial charge in [-0.1, -0.05) is 0 Å². The van der Waals surface area contributed by atoms with Crippen LogP contribution in [0.15, 0.2) is 30.5 Å². The molecule has 98 valence electrons. The van der Waals surface area contributed by atoms with E-state index >= 15 is 0 Å². The fourth-order valence-corrected chi connectivity index (χ4v) is 1.99. The number of primary amides is 1. The zero-order chi connectivity index (χ0) is 13.8. The van der Waals surface area contributed by atoms with Gasteiger partial charge in [-0.3, -0.25) is 0 Å². The van der Waals surface area contributed by atoms with Crippen molar-refractivity contribution < 1.29 is 9.53 Å². The molecule has 5 nitrogen and oxygen atoms in total. The summed E-state index contributed by atoms with van der Waals surface area (Å²) in [4.78, 5) is 11.3. The Balaban J connectivity index is 2.50. The van der Waals surface area contributed by atoms with Crippen LogP contribution in [0.5, 0.6) is 5.75 Å². The van der Waals surface area contributed by atoms with Crippen molar-refractivity contribution in [2.75, 3.05) is 6.61 Å². The predicted molar refractivity (Wildman–Crippen MR) is 73.2 cm³/mol. The number of ether oxygens (including phenoxy) is 1. The minimum atomic E-state index is -0.456. The van der Waals surface area contributed by atoms with Crippen LogP contribution in [0.1, 0.15) is 10.4 Å². The molecule has 0 unspecified atom stereocenters. The molecule has 19 heavy (non-hydrogen) atoms. The third kappa shape index (κ3) is 2.99. The number of carbonyl (C=O) groups is 1. The van der Waals surface area contributed by atoms with E-state index in [1.807, 2.05) is 13.1 Å². The Kier molecular flexibility index (Phi) is 4.27. The molecule has 2 aromatic rings. The summed E-state index contributed by atoms with van der Waals surface area (Å²) in [6.07, 6.45) is 1.70. The number of rotatable bonds is 5. The Morgan fingerprint density at radius 2 is 2.26 bits per heavy atom. The summed E-state index contributed by atoms with van der Waals surface area (Å²) in [6, 6.07) is 7.04. The Bertz CT molecular complexity index is 595. The van der Waals surface area contributed by atoms with Gasteiger partial charge >= 0.3 is 120 Å². The number of nitrogens with zero attached hydrogens (tertiary/aromatic N) is 2. The van der Waals surface area contributed by atoms with Gasteiger partial charge in [-0.25, -0.2) is 0 Å². The fourth-order valence-electron chi connectivity index (χ4n) is 1.80. The van der Waals surface area contributed by atoms with E-state index in [0.29, 0.717) is 12.2 Å². The van der Waals surface area contributed by atoms with Crippen LogP contribution < -0.4 is 10.5 Å². The Morgan fingerprint density at radius 3 is 2.84 bits per heavy atom. The molecule has 0 atom stereocenters. The average molecular weight is 319 g/mol. The van der Waals surface area contributed by atoms with Crippen LogP contribution in [-0.4, -0.2) is 39.1 Å². The number of aromatic nitrogens is 2. The van der Waals surface area contributed by atoms with Crippen LogP contribution in [0.4, 0.5) is 0 Å². The van der Waals surface area contributed by atoms with Crippen molar-refractivity contribution in [2.24, 2.45) is 12.8 Å². The van der Waals surface area contributed by atoms with Gasteiger partial charge in [0.2, 0.25) is 0 Å². The number of aryl methyl sites for hydroxylation is 1. The molecular weight excluding hydrogens is 305 g/mol.